The van der Waals surface area contributed by atoms with Crippen LogP contribution in [0.15, 0.2) is 35.5 Å². The number of imidazole rings is 1. The molecule has 0 atom stereocenters. The highest BCUT2D eigenvalue weighted by atomic mass is 32.2. The maximum absolute atomic E-state index is 13.2. The van der Waals surface area contributed by atoms with Crippen LogP contribution in [0, 0.1) is 25.8 Å². The summed E-state index contributed by atoms with van der Waals surface area (Å²) in [6, 6.07) is 4.02. The molecule has 2 bridgehead atoms. The molecule has 0 saturated heterocycles. The van der Waals surface area contributed by atoms with E-state index in [1.165, 1.54) is 24.4 Å². The number of nitrogens with two attached hydrogens (primary N) is 1. The first kappa shape index (κ1) is 15.8. The minimum absolute atomic E-state index is 0.0119. The highest BCUT2D eigenvalue weighted by Crippen LogP contribution is 2.67. The molecule has 154 valence electrons. The molecule has 3 saturated carbocycles. The van der Waals surface area contributed by atoms with Gasteiger partial charge < -0.3 is 10.6 Å². The third-order valence-corrected chi connectivity index (χ3v) is 7.70. The first-order chi connectivity index (χ1) is 15.4. The number of anilines is 1. The molecule has 0 amide bonds. The molecule has 3 aliphatic rings. The van der Waals surface area contributed by atoms with Crippen molar-refractivity contribution in [2.75, 3.05) is 12.3 Å². The van der Waals surface area contributed by atoms with E-state index < -0.39 is 22.4 Å². The summed E-state index contributed by atoms with van der Waals surface area (Å²) in [5, 5.41) is 0. The summed E-state index contributed by atoms with van der Waals surface area (Å²) in [7, 11) is -3.91. The van der Waals surface area contributed by atoms with Crippen molar-refractivity contribution in [1.82, 2.24) is 19.1 Å². The Kier molecular flexibility index (Phi) is 3.18. The Morgan fingerprint density at radius 1 is 1.40 bits per heavy atom. The molecule has 0 unspecified atom stereocenters. The second-order valence-electron chi connectivity index (χ2n) is 8.54. The summed E-state index contributed by atoms with van der Waals surface area (Å²) in [5.41, 5.74) is 7.03. The highest BCUT2D eigenvalue weighted by Gasteiger charge is 2.71. The zero-order valence-corrected chi connectivity index (χ0v) is 17.1. The Bertz CT molecular complexity index is 1440. The molecule has 6 rings (SSSR count). The van der Waals surface area contributed by atoms with E-state index in [0.717, 1.165) is 0 Å². The predicted octanol–water partition coefficient (Wildman–Crippen LogP) is 2.72. The van der Waals surface area contributed by atoms with E-state index in [0.29, 0.717) is 42.8 Å². The second kappa shape index (κ2) is 6.03. The molecule has 30 heavy (non-hydrogen) atoms. The predicted molar refractivity (Wildman–Crippen MR) is 113 cm³/mol. The third kappa shape index (κ3) is 2.71. The number of benzene rings is 1. The fraction of sp³-hybridized carbons (Fsp3) is 0.381. The zero-order valence-electron chi connectivity index (χ0n) is 19.3. The van der Waals surface area contributed by atoms with Crippen LogP contribution >= 0.6 is 0 Å². The summed E-state index contributed by atoms with van der Waals surface area (Å²) >= 11 is 0. The molecular formula is C21H22N6O2S. The number of sulfonamides is 1. The van der Waals surface area contributed by atoms with Gasteiger partial charge in [0.15, 0.2) is 11.5 Å². The normalized spacial score (nSPS) is 26.7. The fourth-order valence-corrected chi connectivity index (χ4v) is 6.45. The number of rotatable bonds is 5. The van der Waals surface area contributed by atoms with Crippen LogP contribution in [0.4, 0.5) is 5.82 Å². The first-order valence-electron chi connectivity index (χ1n) is 11.0. The molecule has 0 radical (unpaired) electrons. The van der Waals surface area contributed by atoms with Crippen LogP contribution < -0.4 is 10.5 Å². The van der Waals surface area contributed by atoms with Gasteiger partial charge in [-0.05, 0) is 50.7 Å². The van der Waals surface area contributed by atoms with Crippen molar-refractivity contribution >= 4 is 21.5 Å². The van der Waals surface area contributed by atoms with Crippen LogP contribution in [0.5, 0.6) is 0 Å². The smallest absolute Gasteiger partial charge is 0.241 e. The number of nitrogens with zero attached hydrogens (tertiary/aromatic N) is 4. The van der Waals surface area contributed by atoms with Crippen LogP contribution in [-0.4, -0.2) is 34.9 Å². The van der Waals surface area contributed by atoms with Crippen molar-refractivity contribution < 1.29 is 12.5 Å². The molecule has 3 fully saturated rings. The van der Waals surface area contributed by atoms with Crippen LogP contribution in [0.3, 0.4) is 0 Å². The largest absolute Gasteiger partial charge is 0.381 e. The summed E-state index contributed by atoms with van der Waals surface area (Å²) in [6.45, 7) is 6.76. The van der Waals surface area contributed by atoms with Crippen molar-refractivity contribution in [3.63, 3.8) is 0 Å². The van der Waals surface area contributed by atoms with Crippen molar-refractivity contribution in [1.29, 1.82) is 0 Å². The molecular weight excluding hydrogens is 400 g/mol. The molecule has 0 aliphatic heterocycles. The monoisotopic (exact) mass is 425 g/mol. The lowest BCUT2D eigenvalue weighted by Crippen LogP contribution is -2.75. The van der Waals surface area contributed by atoms with Gasteiger partial charge >= 0.3 is 0 Å². The van der Waals surface area contributed by atoms with E-state index in [2.05, 4.69) is 19.5 Å². The van der Waals surface area contributed by atoms with Gasteiger partial charge in [0.2, 0.25) is 16.6 Å². The zero-order chi connectivity index (χ0) is 23.8. The molecule has 1 aromatic carbocycles. The van der Waals surface area contributed by atoms with Gasteiger partial charge in [-0.25, -0.2) is 29.7 Å². The van der Waals surface area contributed by atoms with E-state index >= 15 is 0 Å². The average molecular weight is 426 g/mol. The third-order valence-electron chi connectivity index (χ3n) is 6.12. The Labute approximate surface area is 179 Å². The topological polar surface area (TPSA) is 107 Å². The summed E-state index contributed by atoms with van der Waals surface area (Å²) in [4.78, 5) is 11.9. The number of aryl methyl sites for hydroxylation is 2. The van der Waals surface area contributed by atoms with Crippen LogP contribution in [0.25, 0.3) is 21.7 Å². The lowest BCUT2D eigenvalue weighted by Gasteiger charge is -2.67. The number of nitrogen functional groups attached to an aromatic ring is 1. The number of nitrogens with one attached hydrogen (secondary N) is 1. The van der Waals surface area contributed by atoms with E-state index in [-0.39, 0.29) is 27.3 Å². The second-order valence-corrected chi connectivity index (χ2v) is 10.2. The highest BCUT2D eigenvalue weighted by molar-refractivity contribution is 7.89. The van der Waals surface area contributed by atoms with Gasteiger partial charge in [-0.1, -0.05) is 6.07 Å². The quantitative estimate of drug-likeness (QED) is 0.611. The number of hydrogen-bond acceptors (Lipinski definition) is 5. The van der Waals surface area contributed by atoms with E-state index in [9.17, 15) is 8.42 Å². The van der Waals surface area contributed by atoms with Crippen molar-refractivity contribution in [2.24, 2.45) is 5.41 Å². The molecule has 2 heterocycles. The summed E-state index contributed by atoms with van der Waals surface area (Å²) < 4.78 is 54.7. The average Bonchev–Trinajstić information content (AvgIpc) is 3.08. The van der Waals surface area contributed by atoms with Crippen molar-refractivity contribution in [3.8, 4) is 11.3 Å². The maximum Gasteiger partial charge on any atom is 0.241 e. The lowest BCUT2D eigenvalue weighted by atomic mass is 9.40. The molecule has 3 aliphatic carbocycles. The molecule has 2 aromatic heterocycles. The van der Waals surface area contributed by atoms with Crippen LogP contribution in [-0.2, 0) is 10.0 Å². The van der Waals surface area contributed by atoms with Gasteiger partial charge in [0, 0.05) is 26.8 Å². The molecule has 8 nitrogen and oxygen atoms in total. The standard InChI is InChI=1S/C21H22N6O2S/c1-13-4-5-15(30(28,29)26-21-9-20(10-21,11-21)12-23-3)6-16(13)17-7-24-19-18(22)25-14(2)8-27(17)19/h4-8,26H,9-12H2,1-2H3,(H2,22,25)/i1D3. The van der Waals surface area contributed by atoms with Crippen LogP contribution in [0.1, 0.15) is 34.6 Å². The van der Waals surface area contributed by atoms with Gasteiger partial charge in [-0.2, -0.15) is 0 Å². The number of hydrogen-bond donors (Lipinski definition) is 2. The Morgan fingerprint density at radius 3 is 2.87 bits per heavy atom. The number of fused-ring (bicyclic) bond motifs is 1. The van der Waals surface area contributed by atoms with Gasteiger partial charge in [0.25, 0.3) is 0 Å². The maximum atomic E-state index is 13.2. The minimum Gasteiger partial charge on any atom is -0.381 e. The van der Waals surface area contributed by atoms with E-state index in [4.69, 9.17) is 16.4 Å². The minimum atomic E-state index is -3.91. The first-order valence-corrected chi connectivity index (χ1v) is 11.0. The van der Waals surface area contributed by atoms with E-state index in [1.807, 2.05) is 0 Å². The Balaban J connectivity index is 1.58. The Morgan fingerprint density at radius 2 is 2.17 bits per heavy atom. The molecule has 0 spiro atoms. The molecule has 3 aromatic rings. The summed E-state index contributed by atoms with van der Waals surface area (Å²) in [5.74, 6) is 0.194. The van der Waals surface area contributed by atoms with Gasteiger partial charge in [-0.15, -0.1) is 0 Å². The fourth-order valence-electron chi connectivity index (χ4n) is 5.02. The lowest BCUT2D eigenvalue weighted by molar-refractivity contribution is -0.128. The van der Waals surface area contributed by atoms with E-state index in [1.54, 1.807) is 17.5 Å². The van der Waals surface area contributed by atoms with Gasteiger partial charge in [0.1, 0.15) is 0 Å². The van der Waals surface area contributed by atoms with Gasteiger partial charge in [-0.3, -0.25) is 4.40 Å². The van der Waals surface area contributed by atoms with Crippen LogP contribution in [0.2, 0.25) is 0 Å². The Hall–Kier alpha value is -2.96. The summed E-state index contributed by atoms with van der Waals surface area (Å²) in [6.07, 6.45) is 5.10. The molecule has 9 heteroatoms. The van der Waals surface area contributed by atoms with Crippen molar-refractivity contribution in [3.05, 3.63) is 53.3 Å². The van der Waals surface area contributed by atoms with Crippen molar-refractivity contribution in [2.45, 2.75) is 43.5 Å². The SMILES string of the molecule is [2H]C([2H])([2H])c1ccc(S(=O)(=O)NC23CC(C[N+]#[C-])(C2)C3)cc1-c1cnc2c(N)nc(C)cn12. The van der Waals surface area contributed by atoms with Gasteiger partial charge in [0.05, 0.1) is 22.5 Å². The molecule has 3 N–H and O–H groups in total. The number of aromatic nitrogens is 3.